The van der Waals surface area contributed by atoms with Crippen LogP contribution >= 0.6 is 11.3 Å². The minimum Gasteiger partial charge on any atom is -0.454 e. The van der Waals surface area contributed by atoms with Crippen LogP contribution in [0.15, 0.2) is 168 Å². The summed E-state index contributed by atoms with van der Waals surface area (Å²) < 4.78 is 11.0. The van der Waals surface area contributed by atoms with Gasteiger partial charge in [-0.25, -0.2) is 15.0 Å². The van der Waals surface area contributed by atoms with Gasteiger partial charge in [0.15, 0.2) is 23.1 Å². The van der Waals surface area contributed by atoms with Crippen LogP contribution in [-0.4, -0.2) is 24.5 Å². The molecule has 0 amide bonds. The summed E-state index contributed by atoms with van der Waals surface area (Å²) in [6.45, 7) is 0. The first-order chi connectivity index (χ1) is 27.3. The number of hydrogen-bond acceptors (Lipinski definition) is 6. The molecule has 0 aliphatic carbocycles. The Kier molecular flexibility index (Phi) is 6.40. The number of benzene rings is 7. The van der Waals surface area contributed by atoms with Crippen molar-refractivity contribution in [3.63, 3.8) is 0 Å². The van der Waals surface area contributed by atoms with Gasteiger partial charge in [0.1, 0.15) is 11.1 Å². The lowest BCUT2D eigenvalue weighted by atomic mass is 10.0. The summed E-state index contributed by atoms with van der Waals surface area (Å²) in [4.78, 5) is 20.6. The highest BCUT2D eigenvalue weighted by Crippen LogP contribution is 2.42. The van der Waals surface area contributed by atoms with E-state index >= 15 is 0 Å². The second kappa shape index (κ2) is 11.6. The van der Waals surface area contributed by atoms with Crippen molar-refractivity contribution in [2.45, 2.75) is 0 Å². The average molecular weight is 722 g/mol. The molecule has 5 heterocycles. The topological polar surface area (TPSA) is 69.6 Å². The van der Waals surface area contributed by atoms with Gasteiger partial charge in [-0.05, 0) is 53.9 Å². The van der Waals surface area contributed by atoms with Crippen molar-refractivity contribution in [3.8, 4) is 39.9 Å². The first kappa shape index (κ1) is 30.3. The summed E-state index contributed by atoms with van der Waals surface area (Å²) in [5, 5.41) is 7.91. The van der Waals surface area contributed by atoms with E-state index in [9.17, 15) is 0 Å². The maximum absolute atomic E-state index is 6.27. The zero-order chi connectivity index (χ0) is 36.0. The molecule has 0 aliphatic rings. The maximum atomic E-state index is 6.27. The largest absolute Gasteiger partial charge is 0.454 e. The number of furan rings is 1. The standard InChI is InChI=1S/C48H27N5OS/c1-4-21-37-30(12-1)31-13-2-5-22-38(31)53(37)39-23-9-15-28-29(39)16-7-18-34(28)46-50-47(35-19-10-24-40-43(35)44-41(54-40)25-11-27-49-44)52-48(51-46)36-20-8-17-33-32-14-3-6-26-42(32)55-45(33)36/h1-27H. The molecular weight excluding hydrogens is 695 g/mol. The van der Waals surface area contributed by atoms with E-state index in [-0.39, 0.29) is 0 Å². The third-order valence-corrected chi connectivity index (χ3v) is 12.0. The van der Waals surface area contributed by atoms with Crippen LogP contribution in [0.1, 0.15) is 0 Å². The molecule has 256 valence electrons. The third-order valence-electron chi connectivity index (χ3n) is 10.7. The van der Waals surface area contributed by atoms with E-state index in [1.54, 1.807) is 17.5 Å². The van der Waals surface area contributed by atoms with Gasteiger partial charge < -0.3 is 8.98 Å². The number of hydrogen-bond donors (Lipinski definition) is 0. The molecule has 7 heteroatoms. The number of aromatic nitrogens is 5. The number of para-hydroxylation sites is 2. The van der Waals surface area contributed by atoms with Crippen molar-refractivity contribution >= 4 is 86.2 Å². The van der Waals surface area contributed by atoms with Gasteiger partial charge in [0.05, 0.1) is 22.1 Å². The Morgan fingerprint density at radius 2 is 1.02 bits per heavy atom. The summed E-state index contributed by atoms with van der Waals surface area (Å²) in [5.41, 5.74) is 8.41. The van der Waals surface area contributed by atoms with Gasteiger partial charge in [0, 0.05) is 59.2 Å². The van der Waals surface area contributed by atoms with Crippen LogP contribution in [0, 0.1) is 0 Å². The van der Waals surface area contributed by atoms with Crippen LogP contribution in [0.2, 0.25) is 0 Å². The molecule has 0 bridgehead atoms. The molecule has 6 nitrogen and oxygen atoms in total. The fraction of sp³-hybridized carbons (Fsp3) is 0. The van der Waals surface area contributed by atoms with Crippen molar-refractivity contribution in [1.29, 1.82) is 0 Å². The quantitative estimate of drug-likeness (QED) is 0.181. The van der Waals surface area contributed by atoms with E-state index in [4.69, 9.17) is 24.4 Å². The molecule has 12 rings (SSSR count). The summed E-state index contributed by atoms with van der Waals surface area (Å²) in [7, 11) is 0. The summed E-state index contributed by atoms with van der Waals surface area (Å²) >= 11 is 1.77. The second-order valence-corrected chi connectivity index (χ2v) is 14.8. The molecule has 5 aromatic heterocycles. The lowest BCUT2D eigenvalue weighted by molar-refractivity contribution is 0.668. The van der Waals surface area contributed by atoms with Crippen LogP contribution in [0.3, 0.4) is 0 Å². The summed E-state index contributed by atoms with van der Waals surface area (Å²) in [6, 6.07) is 55.0. The van der Waals surface area contributed by atoms with E-state index in [1.807, 2.05) is 24.3 Å². The Morgan fingerprint density at radius 3 is 1.84 bits per heavy atom. The molecule has 12 aromatic rings. The number of thiophene rings is 1. The fourth-order valence-electron chi connectivity index (χ4n) is 8.35. The zero-order valence-electron chi connectivity index (χ0n) is 29.1. The van der Waals surface area contributed by atoms with Gasteiger partial charge in [-0.3, -0.25) is 4.98 Å². The molecule has 0 fully saturated rings. The molecule has 0 atom stereocenters. The summed E-state index contributed by atoms with van der Waals surface area (Å²) in [6.07, 6.45) is 1.80. The van der Waals surface area contributed by atoms with E-state index in [0.29, 0.717) is 17.5 Å². The van der Waals surface area contributed by atoms with E-state index in [2.05, 4.69) is 138 Å². The number of pyridine rings is 1. The van der Waals surface area contributed by atoms with Crippen molar-refractivity contribution in [3.05, 3.63) is 164 Å². The monoisotopic (exact) mass is 721 g/mol. The first-order valence-corrected chi connectivity index (χ1v) is 19.0. The molecule has 0 N–H and O–H groups in total. The molecule has 7 aromatic carbocycles. The van der Waals surface area contributed by atoms with Crippen LogP contribution in [0.25, 0.3) is 115 Å². The lowest BCUT2D eigenvalue weighted by Gasteiger charge is -2.14. The third kappa shape index (κ3) is 4.48. The highest BCUT2D eigenvalue weighted by atomic mass is 32.1. The van der Waals surface area contributed by atoms with Gasteiger partial charge in [-0.15, -0.1) is 11.3 Å². The van der Waals surface area contributed by atoms with Crippen molar-refractivity contribution in [2.24, 2.45) is 0 Å². The molecule has 0 spiro atoms. The van der Waals surface area contributed by atoms with Gasteiger partial charge in [0.2, 0.25) is 0 Å². The smallest absolute Gasteiger partial charge is 0.165 e. The van der Waals surface area contributed by atoms with E-state index in [0.717, 1.165) is 71.0 Å². The van der Waals surface area contributed by atoms with Crippen LogP contribution in [0.4, 0.5) is 0 Å². The van der Waals surface area contributed by atoms with Crippen LogP contribution in [-0.2, 0) is 0 Å². The number of fused-ring (bicyclic) bond motifs is 10. The minimum absolute atomic E-state index is 0.563. The Labute approximate surface area is 317 Å². The van der Waals surface area contributed by atoms with Gasteiger partial charge in [-0.2, -0.15) is 0 Å². The van der Waals surface area contributed by atoms with Crippen LogP contribution < -0.4 is 0 Å². The Hall–Kier alpha value is -7.22. The van der Waals surface area contributed by atoms with Gasteiger partial charge >= 0.3 is 0 Å². The van der Waals surface area contributed by atoms with Gasteiger partial charge in [0.25, 0.3) is 0 Å². The Balaban J connectivity index is 1.15. The molecule has 0 unspecified atom stereocenters. The second-order valence-electron chi connectivity index (χ2n) is 13.8. The maximum Gasteiger partial charge on any atom is 0.165 e. The number of rotatable bonds is 4. The molecule has 0 saturated heterocycles. The zero-order valence-corrected chi connectivity index (χ0v) is 30.0. The molecule has 55 heavy (non-hydrogen) atoms. The Morgan fingerprint density at radius 1 is 0.436 bits per heavy atom. The fourth-order valence-corrected chi connectivity index (χ4v) is 9.56. The van der Waals surface area contributed by atoms with E-state index < -0.39 is 0 Å². The molecule has 0 aliphatic heterocycles. The predicted molar refractivity (Wildman–Crippen MR) is 226 cm³/mol. The van der Waals surface area contributed by atoms with E-state index in [1.165, 1.54) is 26.2 Å². The van der Waals surface area contributed by atoms with Crippen LogP contribution in [0.5, 0.6) is 0 Å². The highest BCUT2D eigenvalue weighted by Gasteiger charge is 2.22. The average Bonchev–Trinajstić information content (AvgIpc) is 3.93. The minimum atomic E-state index is 0.563. The lowest BCUT2D eigenvalue weighted by Crippen LogP contribution is -2.01. The highest BCUT2D eigenvalue weighted by molar-refractivity contribution is 7.26. The Bertz CT molecular complexity index is 3470. The predicted octanol–water partition coefficient (Wildman–Crippen LogP) is 12.8. The molecule has 0 radical (unpaired) electrons. The first-order valence-electron chi connectivity index (χ1n) is 18.2. The van der Waals surface area contributed by atoms with Crippen molar-refractivity contribution < 1.29 is 4.42 Å². The normalized spacial score (nSPS) is 12.0. The van der Waals surface area contributed by atoms with Gasteiger partial charge in [-0.1, -0.05) is 109 Å². The van der Waals surface area contributed by atoms with Crippen molar-refractivity contribution in [1.82, 2.24) is 24.5 Å². The summed E-state index contributed by atoms with van der Waals surface area (Å²) in [5.74, 6) is 1.78. The number of nitrogens with zero attached hydrogens (tertiary/aromatic N) is 5. The van der Waals surface area contributed by atoms with Crippen molar-refractivity contribution in [2.75, 3.05) is 0 Å². The molecule has 0 saturated carbocycles. The SMILES string of the molecule is c1cnc2c(c1)oc1cccc(-c3nc(-c4cccc5c(-n6c7ccccc7c7ccccc76)cccc45)nc(-c4cccc5c4sc4ccccc45)n3)c12. The molecular formula is C48H27N5OS.